The lowest BCUT2D eigenvalue weighted by Gasteiger charge is -2.09. The van der Waals surface area contributed by atoms with Crippen molar-refractivity contribution >= 4 is 29.0 Å². The van der Waals surface area contributed by atoms with Gasteiger partial charge in [0.2, 0.25) is 5.91 Å². The van der Waals surface area contributed by atoms with Crippen molar-refractivity contribution in [2.24, 2.45) is 16.2 Å². The van der Waals surface area contributed by atoms with Crippen molar-refractivity contribution in [1.82, 2.24) is 0 Å². The molecule has 28 heavy (non-hydrogen) atoms. The van der Waals surface area contributed by atoms with E-state index in [-0.39, 0.29) is 11.7 Å². The number of nitrogens with one attached hydrogen (secondary N) is 2. The number of anilines is 1. The highest BCUT2D eigenvalue weighted by molar-refractivity contribution is 6.34. The SMILES string of the molecule is N=C(N=NN)c1ccc(-c2ccc(-c3cc4c(cc3Cl)NC(=O)C4)cc2)cc1. The minimum absolute atomic E-state index is 0.0111. The Labute approximate surface area is 166 Å². The Kier molecular flexibility index (Phi) is 4.63. The molecule has 0 fully saturated rings. The molecule has 0 aromatic heterocycles. The number of halogens is 1. The van der Waals surface area contributed by atoms with Gasteiger partial charge in [0.1, 0.15) is 0 Å². The maximum Gasteiger partial charge on any atom is 0.228 e. The van der Waals surface area contributed by atoms with E-state index in [2.05, 4.69) is 15.7 Å². The number of amides is 1. The largest absolute Gasteiger partial charge is 0.325 e. The fraction of sp³-hybridized carbons (Fsp3) is 0.0476. The molecular weight excluding hydrogens is 374 g/mol. The summed E-state index contributed by atoms with van der Waals surface area (Å²) in [6.45, 7) is 0. The number of amidine groups is 1. The maximum atomic E-state index is 11.6. The molecule has 1 heterocycles. The molecule has 3 aromatic rings. The molecule has 7 heteroatoms. The zero-order chi connectivity index (χ0) is 19.7. The van der Waals surface area contributed by atoms with Crippen LogP contribution in [0.15, 0.2) is 71.0 Å². The first-order valence-corrected chi connectivity index (χ1v) is 8.96. The second-order valence-corrected chi connectivity index (χ2v) is 6.84. The van der Waals surface area contributed by atoms with Crippen LogP contribution >= 0.6 is 11.6 Å². The molecule has 0 saturated carbocycles. The van der Waals surface area contributed by atoms with Gasteiger partial charge >= 0.3 is 0 Å². The van der Waals surface area contributed by atoms with Gasteiger partial charge in [-0.25, -0.2) is 0 Å². The monoisotopic (exact) mass is 389 g/mol. The average molecular weight is 390 g/mol. The van der Waals surface area contributed by atoms with Gasteiger partial charge in [0.05, 0.1) is 11.4 Å². The Hall–Kier alpha value is -3.51. The minimum Gasteiger partial charge on any atom is -0.325 e. The van der Waals surface area contributed by atoms with Gasteiger partial charge in [-0.15, -0.1) is 5.11 Å². The summed E-state index contributed by atoms with van der Waals surface area (Å²) in [4.78, 5) is 11.6. The summed E-state index contributed by atoms with van der Waals surface area (Å²) >= 11 is 6.42. The van der Waals surface area contributed by atoms with Gasteiger partial charge in [-0.05, 0) is 34.4 Å². The number of nitrogens with two attached hydrogens (primary N) is 1. The number of carbonyl (C=O) groups excluding carboxylic acids is 1. The highest BCUT2D eigenvalue weighted by Crippen LogP contribution is 2.36. The van der Waals surface area contributed by atoms with Crippen LogP contribution < -0.4 is 11.2 Å². The van der Waals surface area contributed by atoms with Gasteiger partial charge < -0.3 is 11.2 Å². The van der Waals surface area contributed by atoms with Crippen LogP contribution in [0, 0.1) is 5.41 Å². The highest BCUT2D eigenvalue weighted by Gasteiger charge is 2.20. The van der Waals surface area contributed by atoms with Crippen LogP contribution in [0.2, 0.25) is 5.02 Å². The molecule has 6 nitrogen and oxygen atoms in total. The highest BCUT2D eigenvalue weighted by atomic mass is 35.5. The maximum absolute atomic E-state index is 11.6. The van der Waals surface area contributed by atoms with Crippen LogP contribution in [0.25, 0.3) is 22.3 Å². The van der Waals surface area contributed by atoms with E-state index >= 15 is 0 Å². The number of hydrogen-bond acceptors (Lipinski definition) is 3. The Morgan fingerprint density at radius 1 is 1.00 bits per heavy atom. The molecule has 3 aromatic carbocycles. The summed E-state index contributed by atoms with van der Waals surface area (Å²) < 4.78 is 0. The van der Waals surface area contributed by atoms with E-state index in [1.165, 1.54) is 0 Å². The molecule has 0 bridgehead atoms. The van der Waals surface area contributed by atoms with E-state index in [1.54, 1.807) is 6.07 Å². The molecule has 4 rings (SSSR count). The normalized spacial score (nSPS) is 12.8. The van der Waals surface area contributed by atoms with E-state index in [0.717, 1.165) is 33.5 Å². The second kappa shape index (κ2) is 7.25. The van der Waals surface area contributed by atoms with Crippen molar-refractivity contribution in [2.75, 3.05) is 5.32 Å². The van der Waals surface area contributed by atoms with Crippen molar-refractivity contribution < 1.29 is 4.79 Å². The lowest BCUT2D eigenvalue weighted by Crippen LogP contribution is -2.03. The number of nitrogens with zero attached hydrogens (tertiary/aromatic N) is 2. The van der Waals surface area contributed by atoms with Crippen LogP contribution in [0.4, 0.5) is 5.69 Å². The third-order valence-electron chi connectivity index (χ3n) is 4.66. The molecule has 4 N–H and O–H groups in total. The summed E-state index contributed by atoms with van der Waals surface area (Å²) in [5.74, 6) is 4.99. The van der Waals surface area contributed by atoms with Crippen molar-refractivity contribution in [3.63, 3.8) is 0 Å². The van der Waals surface area contributed by atoms with Crippen LogP contribution in [0.5, 0.6) is 0 Å². The van der Waals surface area contributed by atoms with E-state index in [9.17, 15) is 4.79 Å². The Bertz CT molecular complexity index is 1100. The molecule has 0 radical (unpaired) electrons. The predicted octanol–water partition coefficient (Wildman–Crippen LogP) is 4.82. The van der Waals surface area contributed by atoms with Crippen molar-refractivity contribution in [1.29, 1.82) is 5.41 Å². The molecule has 0 unspecified atom stereocenters. The van der Waals surface area contributed by atoms with E-state index < -0.39 is 0 Å². The first-order chi connectivity index (χ1) is 13.5. The Morgan fingerprint density at radius 3 is 2.25 bits per heavy atom. The average Bonchev–Trinajstić information content (AvgIpc) is 3.06. The number of fused-ring (bicyclic) bond motifs is 1. The number of benzene rings is 3. The van der Waals surface area contributed by atoms with E-state index in [0.29, 0.717) is 17.0 Å². The summed E-state index contributed by atoms with van der Waals surface area (Å²) in [6, 6.07) is 19.3. The van der Waals surface area contributed by atoms with Gasteiger partial charge in [-0.2, -0.15) is 0 Å². The second-order valence-electron chi connectivity index (χ2n) is 6.43. The summed E-state index contributed by atoms with van der Waals surface area (Å²) in [5, 5.41) is 17.8. The van der Waals surface area contributed by atoms with Crippen LogP contribution in [0.1, 0.15) is 11.1 Å². The van der Waals surface area contributed by atoms with Gasteiger partial charge in [-0.3, -0.25) is 10.2 Å². The Balaban J connectivity index is 1.61. The first kappa shape index (κ1) is 17.9. The van der Waals surface area contributed by atoms with Crippen molar-refractivity contribution in [2.45, 2.75) is 6.42 Å². The van der Waals surface area contributed by atoms with Crippen molar-refractivity contribution in [3.8, 4) is 22.3 Å². The topological polar surface area (TPSA) is 104 Å². The molecular formula is C21H16ClN5O. The number of hydrogen-bond donors (Lipinski definition) is 3. The molecule has 1 aliphatic heterocycles. The van der Waals surface area contributed by atoms with Crippen LogP contribution in [0.3, 0.4) is 0 Å². The third-order valence-corrected chi connectivity index (χ3v) is 4.98. The molecule has 0 saturated heterocycles. The number of carbonyl (C=O) groups is 1. The van der Waals surface area contributed by atoms with Crippen molar-refractivity contribution in [3.05, 3.63) is 76.8 Å². The van der Waals surface area contributed by atoms with Gasteiger partial charge in [0.15, 0.2) is 5.84 Å². The smallest absolute Gasteiger partial charge is 0.228 e. The molecule has 0 atom stereocenters. The van der Waals surface area contributed by atoms with Crippen LogP contribution in [-0.2, 0) is 11.2 Å². The predicted molar refractivity (Wildman–Crippen MR) is 111 cm³/mol. The van der Waals surface area contributed by atoms with Crippen LogP contribution in [-0.4, -0.2) is 11.7 Å². The molecule has 138 valence electrons. The quantitative estimate of drug-likeness (QED) is 0.196. The lowest BCUT2D eigenvalue weighted by molar-refractivity contribution is -0.115. The summed E-state index contributed by atoms with van der Waals surface area (Å²) in [7, 11) is 0. The minimum atomic E-state index is -0.0111. The fourth-order valence-electron chi connectivity index (χ4n) is 3.25. The molecule has 0 aliphatic carbocycles. The molecule has 0 spiro atoms. The van der Waals surface area contributed by atoms with Gasteiger partial charge in [0, 0.05) is 16.8 Å². The van der Waals surface area contributed by atoms with E-state index in [4.69, 9.17) is 22.9 Å². The fourth-order valence-corrected chi connectivity index (χ4v) is 3.52. The lowest BCUT2D eigenvalue weighted by atomic mass is 9.98. The van der Waals surface area contributed by atoms with Gasteiger partial charge in [0.25, 0.3) is 0 Å². The molecule has 1 amide bonds. The zero-order valence-electron chi connectivity index (χ0n) is 14.7. The zero-order valence-corrected chi connectivity index (χ0v) is 15.5. The van der Waals surface area contributed by atoms with E-state index in [1.807, 2.05) is 54.6 Å². The third kappa shape index (κ3) is 3.37. The first-order valence-electron chi connectivity index (χ1n) is 8.58. The summed E-state index contributed by atoms with van der Waals surface area (Å²) in [5.41, 5.74) is 6.33. The molecule has 1 aliphatic rings. The standard InChI is InChI=1S/C21H16ClN5O/c22-18-11-19-16(10-20(28)25-19)9-17(18)14-5-1-12(2-6-14)13-3-7-15(8-4-13)21(23)26-27-24/h1-9,11H,10H2,(H,25,28)(H3,23,24,26). The Morgan fingerprint density at radius 2 is 1.61 bits per heavy atom. The summed E-state index contributed by atoms with van der Waals surface area (Å²) in [6.07, 6.45) is 0.378. The van der Waals surface area contributed by atoms with Gasteiger partial charge in [-0.1, -0.05) is 65.4 Å². The number of rotatable bonds is 3.